The molecule has 0 spiro atoms. The molecule has 9 heteroatoms. The van der Waals surface area contributed by atoms with Crippen LogP contribution in [0.15, 0.2) is 34.6 Å². The molecule has 7 nitrogen and oxygen atoms in total. The maximum atomic E-state index is 12.9. The SMILES string of the molecule is O=C(NCCC1=CCCCC1)c1ccc2c(=O)[nH]c3c(C(=O)NC4CCCC4)sc(=S)n3c2c1. The molecule has 2 heterocycles. The molecule has 0 aliphatic heterocycles. The van der Waals surface area contributed by atoms with E-state index < -0.39 is 0 Å². The number of rotatable bonds is 6. The zero-order valence-electron chi connectivity index (χ0n) is 18.9. The molecule has 0 atom stereocenters. The van der Waals surface area contributed by atoms with Gasteiger partial charge in [0.05, 0.1) is 10.9 Å². The summed E-state index contributed by atoms with van der Waals surface area (Å²) >= 11 is 6.75. The lowest BCUT2D eigenvalue weighted by Gasteiger charge is -2.13. The summed E-state index contributed by atoms with van der Waals surface area (Å²) in [5.41, 5.74) is 2.47. The molecule has 178 valence electrons. The molecule has 34 heavy (non-hydrogen) atoms. The summed E-state index contributed by atoms with van der Waals surface area (Å²) in [5.74, 6) is -0.404. The van der Waals surface area contributed by atoms with Crippen LogP contribution < -0.4 is 16.2 Å². The Morgan fingerprint density at radius 1 is 1.15 bits per heavy atom. The van der Waals surface area contributed by atoms with Gasteiger partial charge in [0.1, 0.15) is 10.5 Å². The second-order valence-electron chi connectivity index (χ2n) is 9.14. The van der Waals surface area contributed by atoms with Crippen molar-refractivity contribution in [1.82, 2.24) is 20.0 Å². The van der Waals surface area contributed by atoms with Crippen LogP contribution in [0.2, 0.25) is 0 Å². The van der Waals surface area contributed by atoms with Gasteiger partial charge in [-0.1, -0.05) is 35.8 Å². The highest BCUT2D eigenvalue weighted by Crippen LogP contribution is 2.25. The fourth-order valence-corrected chi connectivity index (χ4v) is 6.26. The normalized spacial score (nSPS) is 16.6. The number of aromatic amines is 1. The van der Waals surface area contributed by atoms with E-state index in [1.807, 2.05) is 0 Å². The standard InChI is InChI=1S/C25H28N4O3S2/c30-22(26-13-12-15-6-2-1-3-7-15)16-10-11-18-19(14-16)29-21(28-23(18)31)20(34-25(29)33)24(32)27-17-8-4-5-9-17/h6,10-11,14,17H,1-5,7-9,12-13H2,(H,26,30)(H,27,32)(H,28,31). The summed E-state index contributed by atoms with van der Waals surface area (Å²) in [6.45, 7) is 0.580. The van der Waals surface area contributed by atoms with Crippen molar-refractivity contribution in [2.75, 3.05) is 6.54 Å². The first kappa shape index (κ1) is 23.0. The lowest BCUT2D eigenvalue weighted by atomic mass is 9.97. The predicted molar refractivity (Wildman–Crippen MR) is 137 cm³/mol. The van der Waals surface area contributed by atoms with Crippen molar-refractivity contribution in [1.29, 1.82) is 0 Å². The van der Waals surface area contributed by atoms with E-state index in [1.54, 1.807) is 22.6 Å². The van der Waals surface area contributed by atoms with Gasteiger partial charge in [-0.2, -0.15) is 0 Å². The number of thiazole rings is 1. The summed E-state index contributed by atoms with van der Waals surface area (Å²) in [5, 5.41) is 6.48. The highest BCUT2D eigenvalue weighted by atomic mass is 32.1. The van der Waals surface area contributed by atoms with E-state index in [4.69, 9.17) is 12.2 Å². The first-order valence-electron chi connectivity index (χ1n) is 12.0. The number of allylic oxidation sites excluding steroid dienone is 1. The minimum atomic E-state index is -0.311. The lowest BCUT2D eigenvalue weighted by Crippen LogP contribution is -2.32. The molecule has 3 N–H and O–H groups in total. The van der Waals surface area contributed by atoms with Gasteiger partial charge in [0.2, 0.25) is 0 Å². The lowest BCUT2D eigenvalue weighted by molar-refractivity contribution is 0.0938. The van der Waals surface area contributed by atoms with Crippen LogP contribution in [0.4, 0.5) is 0 Å². The summed E-state index contributed by atoms with van der Waals surface area (Å²) < 4.78 is 2.15. The van der Waals surface area contributed by atoms with Crippen LogP contribution in [0.3, 0.4) is 0 Å². The van der Waals surface area contributed by atoms with E-state index in [2.05, 4.69) is 21.7 Å². The summed E-state index contributed by atoms with van der Waals surface area (Å²) in [6.07, 6.45) is 12.0. The molecule has 0 saturated heterocycles. The zero-order chi connectivity index (χ0) is 23.7. The van der Waals surface area contributed by atoms with Crippen LogP contribution in [-0.2, 0) is 0 Å². The van der Waals surface area contributed by atoms with Crippen molar-refractivity contribution in [3.05, 3.63) is 54.6 Å². The quantitative estimate of drug-likeness (QED) is 0.335. The first-order chi connectivity index (χ1) is 16.5. The molecule has 0 radical (unpaired) electrons. The summed E-state index contributed by atoms with van der Waals surface area (Å²) in [6, 6.07) is 5.15. The van der Waals surface area contributed by atoms with Gasteiger partial charge in [-0.05, 0) is 75.4 Å². The first-order valence-corrected chi connectivity index (χ1v) is 13.2. The molecule has 3 aromatic rings. The Morgan fingerprint density at radius 2 is 1.97 bits per heavy atom. The maximum Gasteiger partial charge on any atom is 0.265 e. The van der Waals surface area contributed by atoms with Crippen LogP contribution in [0.5, 0.6) is 0 Å². The van der Waals surface area contributed by atoms with Gasteiger partial charge in [0.25, 0.3) is 17.4 Å². The topological polar surface area (TPSA) is 95.5 Å². The van der Waals surface area contributed by atoms with Crippen LogP contribution in [0.25, 0.3) is 16.6 Å². The highest BCUT2D eigenvalue weighted by Gasteiger charge is 2.23. The van der Waals surface area contributed by atoms with Crippen molar-refractivity contribution < 1.29 is 9.59 Å². The van der Waals surface area contributed by atoms with Gasteiger partial charge in [0.15, 0.2) is 3.95 Å². The van der Waals surface area contributed by atoms with E-state index in [1.165, 1.54) is 29.8 Å². The van der Waals surface area contributed by atoms with E-state index in [0.29, 0.717) is 37.5 Å². The summed E-state index contributed by atoms with van der Waals surface area (Å²) in [4.78, 5) is 41.8. The van der Waals surface area contributed by atoms with Gasteiger partial charge in [-0.3, -0.25) is 18.8 Å². The number of fused-ring (bicyclic) bond motifs is 3. The third kappa shape index (κ3) is 4.59. The molecule has 1 fully saturated rings. The van der Waals surface area contributed by atoms with Crippen LogP contribution in [-0.4, -0.2) is 33.8 Å². The maximum absolute atomic E-state index is 12.9. The van der Waals surface area contributed by atoms with Crippen LogP contribution in [0.1, 0.15) is 77.8 Å². The van der Waals surface area contributed by atoms with E-state index in [0.717, 1.165) is 44.9 Å². The van der Waals surface area contributed by atoms with Crippen molar-refractivity contribution >= 4 is 51.9 Å². The Balaban J connectivity index is 1.44. The fourth-order valence-electron chi connectivity index (χ4n) is 4.98. The molecular formula is C25H28N4O3S2. The van der Waals surface area contributed by atoms with Crippen molar-refractivity contribution in [3.8, 4) is 0 Å². The monoisotopic (exact) mass is 496 g/mol. The Kier molecular flexibility index (Phi) is 6.65. The number of nitrogens with zero attached hydrogens (tertiary/aromatic N) is 1. The smallest absolute Gasteiger partial charge is 0.265 e. The molecule has 2 aromatic heterocycles. The number of hydrogen-bond donors (Lipinski definition) is 3. The number of H-pyrrole nitrogens is 1. The molecular weight excluding hydrogens is 468 g/mol. The number of amides is 2. The molecule has 2 aliphatic rings. The van der Waals surface area contributed by atoms with Gasteiger partial charge in [0, 0.05) is 18.2 Å². The third-order valence-electron chi connectivity index (χ3n) is 6.80. The number of hydrogen-bond acceptors (Lipinski definition) is 5. The molecule has 0 unspecified atom stereocenters. The second kappa shape index (κ2) is 9.84. The molecule has 0 bridgehead atoms. The van der Waals surface area contributed by atoms with E-state index >= 15 is 0 Å². The van der Waals surface area contributed by atoms with Gasteiger partial charge in [-0.25, -0.2) is 0 Å². The van der Waals surface area contributed by atoms with Crippen molar-refractivity contribution in [2.24, 2.45) is 0 Å². The molecule has 5 rings (SSSR count). The Hall–Kier alpha value is -2.78. The highest BCUT2D eigenvalue weighted by molar-refractivity contribution is 7.73. The average Bonchev–Trinajstić information content (AvgIpc) is 3.47. The minimum absolute atomic E-state index is 0.162. The predicted octanol–water partition coefficient (Wildman–Crippen LogP) is 4.86. The van der Waals surface area contributed by atoms with Gasteiger partial charge in [-0.15, -0.1) is 0 Å². The van der Waals surface area contributed by atoms with Gasteiger partial charge < -0.3 is 15.6 Å². The minimum Gasteiger partial charge on any atom is -0.352 e. The average molecular weight is 497 g/mol. The third-order valence-corrected chi connectivity index (χ3v) is 8.17. The van der Waals surface area contributed by atoms with Gasteiger partial charge >= 0.3 is 0 Å². The Bertz CT molecular complexity index is 1410. The zero-order valence-corrected chi connectivity index (χ0v) is 20.6. The van der Waals surface area contributed by atoms with Crippen molar-refractivity contribution in [2.45, 2.75) is 63.8 Å². The van der Waals surface area contributed by atoms with E-state index in [-0.39, 0.29) is 23.4 Å². The summed E-state index contributed by atoms with van der Waals surface area (Å²) in [7, 11) is 0. The molecule has 2 aliphatic carbocycles. The Morgan fingerprint density at radius 3 is 2.74 bits per heavy atom. The molecule has 1 saturated carbocycles. The molecule has 1 aromatic carbocycles. The number of aromatic nitrogens is 2. The number of nitrogens with one attached hydrogen (secondary N) is 3. The number of carbonyl (C=O) groups excluding carboxylic acids is 2. The van der Waals surface area contributed by atoms with E-state index in [9.17, 15) is 14.4 Å². The van der Waals surface area contributed by atoms with Crippen molar-refractivity contribution in [3.63, 3.8) is 0 Å². The second-order valence-corrected chi connectivity index (χ2v) is 10.8. The fraction of sp³-hybridized carbons (Fsp3) is 0.440. The van der Waals surface area contributed by atoms with Crippen LogP contribution >= 0.6 is 23.6 Å². The number of benzene rings is 1. The Labute approximate surface area is 206 Å². The van der Waals surface area contributed by atoms with Crippen LogP contribution in [0, 0.1) is 3.95 Å². The largest absolute Gasteiger partial charge is 0.352 e. The molecule has 2 amide bonds. The number of carbonyl (C=O) groups is 2.